The van der Waals surface area contributed by atoms with Crippen molar-refractivity contribution in [1.82, 2.24) is 21.3 Å². The van der Waals surface area contributed by atoms with E-state index in [-0.39, 0.29) is 23.8 Å². The van der Waals surface area contributed by atoms with E-state index in [9.17, 15) is 19.2 Å². The van der Waals surface area contributed by atoms with Gasteiger partial charge in [0.15, 0.2) is 12.2 Å². The van der Waals surface area contributed by atoms with Gasteiger partial charge in [-0.15, -0.1) is 0 Å². The van der Waals surface area contributed by atoms with Gasteiger partial charge in [0.25, 0.3) is 0 Å². The van der Waals surface area contributed by atoms with E-state index in [4.69, 9.17) is 18.9 Å². The molecule has 0 aromatic heterocycles. The van der Waals surface area contributed by atoms with Gasteiger partial charge in [0.2, 0.25) is 0 Å². The van der Waals surface area contributed by atoms with Crippen LogP contribution in [0.2, 0.25) is 0 Å². The number of hydrogen-bond acceptors (Lipinski definition) is 8. The van der Waals surface area contributed by atoms with E-state index in [1.165, 1.54) is 7.05 Å². The van der Waals surface area contributed by atoms with Crippen LogP contribution in [0.5, 0.6) is 0 Å². The van der Waals surface area contributed by atoms with Crippen molar-refractivity contribution < 1.29 is 43.8 Å². The molecule has 3 unspecified atom stereocenters. The van der Waals surface area contributed by atoms with Crippen LogP contribution in [0, 0.1) is 0 Å². The summed E-state index contributed by atoms with van der Waals surface area (Å²) in [5.74, 6) is 0. The van der Waals surface area contributed by atoms with Crippen molar-refractivity contribution in [3.63, 3.8) is 0 Å². The number of rotatable bonds is 13. The molecule has 2 saturated carbocycles. The minimum atomic E-state index is -1.22. The second kappa shape index (κ2) is 18.4. The zero-order valence-corrected chi connectivity index (χ0v) is 23.8. The molecule has 0 aromatic carbocycles. The second-order valence-corrected chi connectivity index (χ2v) is 10.3. The fourth-order valence-corrected chi connectivity index (χ4v) is 4.93. The molecule has 4 N–H and O–H groups in total. The Morgan fingerprint density at radius 2 is 1.21 bits per heavy atom. The summed E-state index contributed by atoms with van der Waals surface area (Å²) in [6, 6.07) is -0.0979. The number of nitrogens with one attached hydrogen (secondary N) is 4. The lowest BCUT2D eigenvalue weighted by atomic mass is 9.96. The van der Waals surface area contributed by atoms with Gasteiger partial charge in [-0.3, -0.25) is 0 Å². The number of amides is 4. The minimum Gasteiger partial charge on any atom is -0.445 e. The topological polar surface area (TPSA) is 153 Å². The number of hydrogen-bond donors (Lipinski definition) is 4. The highest BCUT2D eigenvalue weighted by Crippen LogP contribution is 2.19. The standard InChI is InChI=1S/C27H48N4O8.4H2/c1-4-12-19(5-2)29-26(34)38-23(18-37-25(33)30-20-13-8-6-9-14-20)22(17-36-24(32)28-3)39-27(35)31-21-15-10-7-11-16-21;;;;/h19-23H,4-18H2,1-3H3,(H,28,32)(H,29,34)(H,30,33)(H,31,35);4*1H. The Hall–Kier alpha value is -2.92. The lowest BCUT2D eigenvalue weighted by molar-refractivity contribution is -0.0592. The van der Waals surface area contributed by atoms with E-state index in [0.29, 0.717) is 6.42 Å². The predicted octanol–water partition coefficient (Wildman–Crippen LogP) is 5.49. The molecule has 39 heavy (non-hydrogen) atoms. The smallest absolute Gasteiger partial charge is 0.407 e. The van der Waals surface area contributed by atoms with Crippen LogP contribution in [-0.4, -0.2) is 75.0 Å². The minimum absolute atomic E-state index is 0. The SMILES string of the molecule is CCCC(CC)NC(=O)OC(COC(=O)NC1CCCCC1)C(COC(=O)NC)OC(=O)NC1CCCCC1.[HH].[HH].[HH].[HH]. The molecule has 0 bridgehead atoms. The first-order valence-electron chi connectivity index (χ1n) is 14.6. The summed E-state index contributed by atoms with van der Waals surface area (Å²) in [7, 11) is 1.40. The zero-order valence-electron chi connectivity index (χ0n) is 23.8. The first kappa shape index (κ1) is 32.3. The summed E-state index contributed by atoms with van der Waals surface area (Å²) in [6.07, 6.45) is 6.87. The Balaban J connectivity index is -0.00000400. The molecule has 2 rings (SSSR count). The molecule has 2 aliphatic carbocycles. The van der Waals surface area contributed by atoms with Crippen LogP contribution in [0.4, 0.5) is 19.2 Å². The highest BCUT2D eigenvalue weighted by molar-refractivity contribution is 5.70. The maximum atomic E-state index is 12.8. The summed E-state index contributed by atoms with van der Waals surface area (Å²) in [5.41, 5.74) is 0. The first-order valence-corrected chi connectivity index (χ1v) is 14.6. The molecule has 4 amide bonds. The summed E-state index contributed by atoms with van der Waals surface area (Å²) < 4.78 is 21.8. The van der Waals surface area contributed by atoms with E-state index in [2.05, 4.69) is 21.3 Å². The van der Waals surface area contributed by atoms with Crippen molar-refractivity contribution in [2.24, 2.45) is 0 Å². The van der Waals surface area contributed by atoms with E-state index in [1.54, 1.807) is 0 Å². The van der Waals surface area contributed by atoms with Gasteiger partial charge in [0, 0.05) is 30.9 Å². The molecule has 0 spiro atoms. The Morgan fingerprint density at radius 3 is 1.69 bits per heavy atom. The summed E-state index contributed by atoms with van der Waals surface area (Å²) in [6.45, 7) is 3.17. The summed E-state index contributed by atoms with van der Waals surface area (Å²) in [5, 5.41) is 10.8. The van der Waals surface area contributed by atoms with Crippen LogP contribution in [0.15, 0.2) is 0 Å². The van der Waals surface area contributed by atoms with Gasteiger partial charge in [-0.1, -0.05) is 58.8 Å². The number of carbonyl (C=O) groups excluding carboxylic acids is 4. The maximum absolute atomic E-state index is 12.8. The Bertz CT molecular complexity index is 775. The first-order chi connectivity index (χ1) is 18.8. The predicted molar refractivity (Wildman–Crippen MR) is 153 cm³/mol. The van der Waals surface area contributed by atoms with E-state index < -0.39 is 49.8 Å². The fourth-order valence-electron chi connectivity index (χ4n) is 4.93. The maximum Gasteiger partial charge on any atom is 0.407 e. The molecule has 12 nitrogen and oxygen atoms in total. The third-order valence-corrected chi connectivity index (χ3v) is 7.20. The van der Waals surface area contributed by atoms with Crippen LogP contribution in [-0.2, 0) is 18.9 Å². The largest absolute Gasteiger partial charge is 0.445 e. The number of ether oxygens (including phenoxy) is 4. The van der Waals surface area contributed by atoms with Crippen molar-refractivity contribution >= 4 is 24.4 Å². The van der Waals surface area contributed by atoms with Crippen LogP contribution < -0.4 is 21.3 Å². The average Bonchev–Trinajstić information content (AvgIpc) is 2.93. The molecule has 0 aromatic rings. The van der Waals surface area contributed by atoms with Gasteiger partial charge < -0.3 is 40.2 Å². The highest BCUT2D eigenvalue weighted by Gasteiger charge is 2.33. The monoisotopic (exact) mass is 564 g/mol. The van der Waals surface area contributed by atoms with Gasteiger partial charge in [-0.2, -0.15) is 0 Å². The van der Waals surface area contributed by atoms with Crippen molar-refractivity contribution in [3.8, 4) is 0 Å². The van der Waals surface area contributed by atoms with E-state index >= 15 is 0 Å². The van der Waals surface area contributed by atoms with E-state index in [1.807, 2.05) is 13.8 Å². The van der Waals surface area contributed by atoms with Gasteiger partial charge >= 0.3 is 24.4 Å². The lowest BCUT2D eigenvalue weighted by Gasteiger charge is -2.29. The molecule has 3 atom stereocenters. The third-order valence-electron chi connectivity index (χ3n) is 7.20. The van der Waals surface area contributed by atoms with E-state index in [0.717, 1.165) is 77.0 Å². The van der Waals surface area contributed by atoms with Gasteiger partial charge in [0.1, 0.15) is 13.2 Å². The van der Waals surface area contributed by atoms with Crippen molar-refractivity contribution in [2.45, 2.75) is 128 Å². The third kappa shape index (κ3) is 13.1. The normalized spacial score (nSPS) is 18.5. The van der Waals surface area contributed by atoms with Gasteiger partial charge in [0.05, 0.1) is 0 Å². The van der Waals surface area contributed by atoms with Crippen LogP contribution in [0.1, 0.15) is 103 Å². The molecule has 2 aliphatic rings. The zero-order chi connectivity index (χ0) is 28.5. The molecule has 0 saturated heterocycles. The van der Waals surface area contributed by atoms with Crippen molar-refractivity contribution in [3.05, 3.63) is 0 Å². The van der Waals surface area contributed by atoms with Crippen molar-refractivity contribution in [1.29, 1.82) is 0 Å². The molecule has 0 aliphatic heterocycles. The van der Waals surface area contributed by atoms with Gasteiger partial charge in [-0.05, 0) is 38.5 Å². The summed E-state index contributed by atoms with van der Waals surface area (Å²) >= 11 is 0. The average molecular weight is 565 g/mol. The number of carbonyl (C=O) groups is 4. The van der Waals surface area contributed by atoms with Crippen molar-refractivity contribution in [2.75, 3.05) is 20.3 Å². The molecular weight excluding hydrogens is 508 g/mol. The molecule has 12 heteroatoms. The Morgan fingerprint density at radius 1 is 0.718 bits per heavy atom. The molecule has 0 radical (unpaired) electrons. The quantitative estimate of drug-likeness (QED) is 0.214. The molecular formula is C27H56N4O8. The number of alkyl carbamates (subject to hydrolysis) is 4. The van der Waals surface area contributed by atoms with Crippen LogP contribution >= 0.6 is 0 Å². The molecule has 232 valence electrons. The fraction of sp³-hybridized carbons (Fsp3) is 0.852. The molecule has 0 heterocycles. The Kier molecular flexibility index (Phi) is 15.2. The summed E-state index contributed by atoms with van der Waals surface area (Å²) in [4.78, 5) is 49.9. The van der Waals surface area contributed by atoms with Gasteiger partial charge in [-0.25, -0.2) is 19.2 Å². The Labute approximate surface area is 237 Å². The van der Waals surface area contributed by atoms with Crippen LogP contribution in [0.25, 0.3) is 0 Å². The van der Waals surface area contributed by atoms with Crippen LogP contribution in [0.3, 0.4) is 0 Å². The second-order valence-electron chi connectivity index (χ2n) is 10.3. The molecule has 2 fully saturated rings. The highest BCUT2D eigenvalue weighted by atomic mass is 16.6. The lowest BCUT2D eigenvalue weighted by Crippen LogP contribution is -2.49.